The van der Waals surface area contributed by atoms with E-state index in [0.29, 0.717) is 32.9 Å². The van der Waals surface area contributed by atoms with Gasteiger partial charge in [-0.3, -0.25) is 4.79 Å². The number of hydrogen-bond donors (Lipinski definition) is 2. The van der Waals surface area contributed by atoms with E-state index in [1.807, 2.05) is 0 Å². The molecule has 0 radical (unpaired) electrons. The first-order chi connectivity index (χ1) is 11.0. The average Bonchev–Trinajstić information content (AvgIpc) is 2.56. The zero-order valence-electron chi connectivity index (χ0n) is 12.7. The lowest BCUT2D eigenvalue weighted by molar-refractivity contribution is -0.114. The van der Waals surface area contributed by atoms with Crippen molar-refractivity contribution in [1.29, 1.82) is 0 Å². The Bertz CT molecular complexity index is 708. The standard InChI is InChI=1S/C16H16Cl2N2O3/c1-22-11-4-6-13(15(8-11)23-2)20-16(21)9-19-14-7-10(17)3-5-12(14)18/h3-8,19H,9H2,1-2H3,(H,20,21). The number of benzene rings is 2. The lowest BCUT2D eigenvalue weighted by Crippen LogP contribution is -2.22. The van der Waals surface area contributed by atoms with Gasteiger partial charge < -0.3 is 20.1 Å². The van der Waals surface area contributed by atoms with Crippen molar-refractivity contribution in [2.75, 3.05) is 31.4 Å². The van der Waals surface area contributed by atoms with Crippen LogP contribution in [0.4, 0.5) is 11.4 Å². The van der Waals surface area contributed by atoms with Crippen LogP contribution in [0.25, 0.3) is 0 Å². The molecule has 2 rings (SSSR count). The molecule has 23 heavy (non-hydrogen) atoms. The molecule has 1 amide bonds. The highest BCUT2D eigenvalue weighted by molar-refractivity contribution is 6.35. The summed E-state index contributed by atoms with van der Waals surface area (Å²) in [7, 11) is 3.08. The molecule has 0 spiro atoms. The van der Waals surface area contributed by atoms with Gasteiger partial charge in [0.25, 0.3) is 0 Å². The number of rotatable bonds is 6. The summed E-state index contributed by atoms with van der Waals surface area (Å²) in [6.45, 7) is 0.0370. The fraction of sp³-hybridized carbons (Fsp3) is 0.188. The summed E-state index contributed by atoms with van der Waals surface area (Å²) in [5.74, 6) is 0.909. The summed E-state index contributed by atoms with van der Waals surface area (Å²) < 4.78 is 10.3. The van der Waals surface area contributed by atoms with Crippen LogP contribution in [0, 0.1) is 0 Å². The van der Waals surface area contributed by atoms with Crippen LogP contribution in [-0.4, -0.2) is 26.7 Å². The maximum atomic E-state index is 12.1. The number of nitrogens with one attached hydrogen (secondary N) is 2. The number of halogens is 2. The van der Waals surface area contributed by atoms with Crippen molar-refractivity contribution in [2.24, 2.45) is 0 Å². The molecule has 0 aliphatic carbocycles. The van der Waals surface area contributed by atoms with Gasteiger partial charge in [-0.15, -0.1) is 0 Å². The Kier molecular flexibility index (Phi) is 5.96. The van der Waals surface area contributed by atoms with Gasteiger partial charge in [-0.05, 0) is 30.3 Å². The smallest absolute Gasteiger partial charge is 0.243 e. The summed E-state index contributed by atoms with van der Waals surface area (Å²) >= 11 is 11.9. The highest BCUT2D eigenvalue weighted by atomic mass is 35.5. The molecule has 0 aromatic heterocycles. The number of carbonyl (C=O) groups excluding carboxylic acids is 1. The van der Waals surface area contributed by atoms with Gasteiger partial charge in [0.15, 0.2) is 0 Å². The third-order valence-corrected chi connectivity index (χ3v) is 3.62. The molecular formula is C16H16Cl2N2O3. The molecule has 122 valence electrons. The summed E-state index contributed by atoms with van der Waals surface area (Å²) in [6, 6.07) is 10.1. The minimum atomic E-state index is -0.246. The largest absolute Gasteiger partial charge is 0.497 e. The van der Waals surface area contributed by atoms with E-state index in [9.17, 15) is 4.79 Å². The van der Waals surface area contributed by atoms with Gasteiger partial charge in [0.2, 0.25) is 5.91 Å². The second-order valence-corrected chi connectivity index (χ2v) is 5.44. The van der Waals surface area contributed by atoms with Crippen molar-refractivity contribution in [2.45, 2.75) is 0 Å². The van der Waals surface area contributed by atoms with E-state index >= 15 is 0 Å². The van der Waals surface area contributed by atoms with Crippen molar-refractivity contribution >= 4 is 40.5 Å². The van der Waals surface area contributed by atoms with E-state index < -0.39 is 0 Å². The monoisotopic (exact) mass is 354 g/mol. The minimum Gasteiger partial charge on any atom is -0.497 e. The third kappa shape index (κ3) is 4.68. The molecule has 2 N–H and O–H groups in total. The third-order valence-electron chi connectivity index (χ3n) is 3.05. The summed E-state index contributed by atoms with van der Waals surface area (Å²) in [5, 5.41) is 6.73. The zero-order chi connectivity index (χ0) is 16.8. The number of ether oxygens (including phenoxy) is 2. The molecular weight excluding hydrogens is 339 g/mol. The Hall–Kier alpha value is -2.11. The fourth-order valence-electron chi connectivity index (χ4n) is 1.90. The van der Waals surface area contributed by atoms with E-state index in [-0.39, 0.29) is 12.5 Å². The summed E-state index contributed by atoms with van der Waals surface area (Å²) in [6.07, 6.45) is 0. The topological polar surface area (TPSA) is 59.6 Å². The number of methoxy groups -OCH3 is 2. The van der Waals surface area contributed by atoms with Gasteiger partial charge in [0.05, 0.1) is 37.2 Å². The Labute approximate surface area is 144 Å². The summed E-state index contributed by atoms with van der Waals surface area (Å²) in [4.78, 5) is 12.1. The van der Waals surface area contributed by atoms with Crippen LogP contribution >= 0.6 is 23.2 Å². The van der Waals surface area contributed by atoms with E-state index in [0.717, 1.165) is 0 Å². The molecule has 0 heterocycles. The first-order valence-corrected chi connectivity index (χ1v) is 7.50. The number of hydrogen-bond acceptors (Lipinski definition) is 4. The van der Waals surface area contributed by atoms with Crippen molar-refractivity contribution in [3.05, 3.63) is 46.4 Å². The van der Waals surface area contributed by atoms with Crippen LogP contribution < -0.4 is 20.1 Å². The molecule has 2 aromatic carbocycles. The Balaban J connectivity index is 2.01. The zero-order valence-corrected chi connectivity index (χ0v) is 14.2. The molecule has 0 bridgehead atoms. The molecule has 0 saturated carbocycles. The van der Waals surface area contributed by atoms with Crippen LogP contribution in [0.15, 0.2) is 36.4 Å². The highest BCUT2D eigenvalue weighted by Gasteiger charge is 2.10. The number of amides is 1. The lowest BCUT2D eigenvalue weighted by atomic mass is 10.2. The predicted molar refractivity (Wildman–Crippen MR) is 93.1 cm³/mol. The quantitative estimate of drug-likeness (QED) is 0.820. The molecule has 5 nitrogen and oxygen atoms in total. The Morgan fingerprint density at radius 1 is 1.04 bits per heavy atom. The average molecular weight is 355 g/mol. The van der Waals surface area contributed by atoms with E-state index in [2.05, 4.69) is 10.6 Å². The molecule has 0 saturated heterocycles. The second kappa shape index (κ2) is 7.94. The van der Waals surface area contributed by atoms with E-state index in [1.54, 1.807) is 43.5 Å². The fourth-order valence-corrected chi connectivity index (χ4v) is 2.26. The number of carbonyl (C=O) groups is 1. The molecule has 0 unspecified atom stereocenters. The summed E-state index contributed by atoms with van der Waals surface area (Å²) in [5.41, 5.74) is 1.15. The van der Waals surface area contributed by atoms with Crippen LogP contribution in [-0.2, 0) is 4.79 Å². The maximum absolute atomic E-state index is 12.1. The molecule has 0 atom stereocenters. The van der Waals surface area contributed by atoms with E-state index in [1.165, 1.54) is 7.11 Å². The second-order valence-electron chi connectivity index (χ2n) is 4.59. The van der Waals surface area contributed by atoms with Gasteiger partial charge in [-0.1, -0.05) is 23.2 Å². The highest BCUT2D eigenvalue weighted by Crippen LogP contribution is 2.29. The Morgan fingerprint density at radius 2 is 1.83 bits per heavy atom. The van der Waals surface area contributed by atoms with Crippen LogP contribution in [0.1, 0.15) is 0 Å². The SMILES string of the molecule is COc1ccc(NC(=O)CNc2cc(Cl)ccc2Cl)c(OC)c1. The molecule has 2 aromatic rings. The van der Waals surface area contributed by atoms with Gasteiger partial charge in [0.1, 0.15) is 11.5 Å². The van der Waals surface area contributed by atoms with Gasteiger partial charge in [0, 0.05) is 11.1 Å². The van der Waals surface area contributed by atoms with Crippen LogP contribution in [0.5, 0.6) is 11.5 Å². The van der Waals surface area contributed by atoms with Crippen LogP contribution in [0.2, 0.25) is 10.0 Å². The van der Waals surface area contributed by atoms with Crippen molar-refractivity contribution in [3.8, 4) is 11.5 Å². The van der Waals surface area contributed by atoms with Crippen molar-refractivity contribution < 1.29 is 14.3 Å². The van der Waals surface area contributed by atoms with E-state index in [4.69, 9.17) is 32.7 Å². The van der Waals surface area contributed by atoms with Gasteiger partial charge in [-0.25, -0.2) is 0 Å². The van der Waals surface area contributed by atoms with Gasteiger partial charge in [-0.2, -0.15) is 0 Å². The van der Waals surface area contributed by atoms with Crippen molar-refractivity contribution in [3.63, 3.8) is 0 Å². The van der Waals surface area contributed by atoms with Crippen LogP contribution in [0.3, 0.4) is 0 Å². The Morgan fingerprint density at radius 3 is 2.52 bits per heavy atom. The van der Waals surface area contributed by atoms with Gasteiger partial charge >= 0.3 is 0 Å². The first kappa shape index (κ1) is 17.2. The molecule has 0 fully saturated rings. The maximum Gasteiger partial charge on any atom is 0.243 e. The first-order valence-electron chi connectivity index (χ1n) is 6.74. The molecule has 0 aliphatic heterocycles. The van der Waals surface area contributed by atoms with Crippen molar-refractivity contribution in [1.82, 2.24) is 0 Å². The lowest BCUT2D eigenvalue weighted by Gasteiger charge is -2.13. The molecule has 7 heteroatoms. The molecule has 0 aliphatic rings. The normalized spacial score (nSPS) is 10.1. The number of anilines is 2. The predicted octanol–water partition coefficient (Wildman–Crippen LogP) is 4.06. The minimum absolute atomic E-state index is 0.0370.